The van der Waals surface area contributed by atoms with Gasteiger partial charge in [-0.05, 0) is 25.7 Å². The molecule has 4 atom stereocenters. The van der Waals surface area contributed by atoms with E-state index in [-0.39, 0.29) is 36.9 Å². The van der Waals surface area contributed by atoms with E-state index in [1.54, 1.807) is 0 Å². The fourth-order valence-corrected chi connectivity index (χ4v) is 6.67. The Morgan fingerprint density at radius 3 is 1.60 bits per heavy atom. The van der Waals surface area contributed by atoms with Crippen molar-refractivity contribution < 1.29 is 63.1 Å². The summed E-state index contributed by atoms with van der Waals surface area (Å²) in [5.41, 5.74) is 6.01. The molecule has 0 saturated carbocycles. The highest BCUT2D eigenvalue weighted by Crippen LogP contribution is 2.15. The van der Waals surface area contributed by atoms with Crippen LogP contribution < -0.4 is 21.7 Å². The van der Waals surface area contributed by atoms with Crippen molar-refractivity contribution in [3.05, 3.63) is 0 Å². The number of thioether (sulfide) groups is 1. The maximum atomic E-state index is 12.7. The summed E-state index contributed by atoms with van der Waals surface area (Å²) in [6, 6.07) is -4.22. The summed E-state index contributed by atoms with van der Waals surface area (Å²) in [6.45, 7) is 3.44. The minimum atomic E-state index is -1.60. The summed E-state index contributed by atoms with van der Waals surface area (Å²) in [4.78, 5) is 96.4. The molecule has 0 radical (unpaired) electrons. The highest BCUT2D eigenvalue weighted by molar-refractivity contribution is 7.99. The van der Waals surface area contributed by atoms with Gasteiger partial charge in [-0.25, -0.2) is 4.79 Å². The van der Waals surface area contributed by atoms with Gasteiger partial charge in [0.15, 0.2) is 0 Å². The predicted octanol–water partition coefficient (Wildman–Crippen LogP) is 4.46. The largest absolute Gasteiger partial charge is 0.481 e. The zero-order chi connectivity index (χ0) is 43.6. The number of nitrogens with two attached hydrogens (primary N) is 1. The molecule has 0 aromatic carbocycles. The highest BCUT2D eigenvalue weighted by Gasteiger charge is 2.28. The lowest BCUT2D eigenvalue weighted by Gasteiger charge is -2.21. The standard InChI is InChI=1S/C40H70N4O13S/c1-3-5-7-8-9-10-11-12-13-14-15-16-18-19-36(50)56-26-29(57-37(51)20-17-6-4-2)27-58-28-30(41)38(52)42-25-33(45)43-31(21-23-34(46)47)39(53)44-32(40(54)55)22-24-35(48)49/h29-32H,3-28,41H2,1-2H3,(H,42,52)(H,43,45)(H,44,53)(H,46,47)(H,48,49)(H,54,55)/t29-,30+,31+,32+/m1/s1. The van der Waals surface area contributed by atoms with Crippen molar-refractivity contribution >= 4 is 59.3 Å². The SMILES string of the molecule is CCCCCCCCCCCCCCCC(=O)OC[C@H](CSC[C@H](N)C(=O)NCC(=O)N[C@@H](CCC(=O)O)C(=O)N[C@@H](CCC(=O)O)C(=O)O)OC(=O)CCCCC. The van der Waals surface area contributed by atoms with Gasteiger partial charge in [-0.3, -0.25) is 33.6 Å². The van der Waals surface area contributed by atoms with Crippen molar-refractivity contribution in [2.24, 2.45) is 5.73 Å². The number of nitrogens with one attached hydrogen (secondary N) is 3. The van der Waals surface area contributed by atoms with Crippen molar-refractivity contribution in [3.8, 4) is 0 Å². The number of hydrogen-bond donors (Lipinski definition) is 7. The van der Waals surface area contributed by atoms with E-state index in [4.69, 9.17) is 25.4 Å². The lowest BCUT2D eigenvalue weighted by molar-refractivity contribution is -0.157. The first-order chi connectivity index (χ1) is 27.7. The molecule has 0 aliphatic carbocycles. The normalized spacial score (nSPS) is 13.0. The fourth-order valence-electron chi connectivity index (χ4n) is 5.71. The zero-order valence-electron chi connectivity index (χ0n) is 34.6. The van der Waals surface area contributed by atoms with Crippen LogP contribution in [0.1, 0.15) is 155 Å². The third-order valence-electron chi connectivity index (χ3n) is 9.12. The lowest BCUT2D eigenvalue weighted by Crippen LogP contribution is -2.54. The third-order valence-corrected chi connectivity index (χ3v) is 10.3. The molecule has 58 heavy (non-hydrogen) atoms. The number of ether oxygens (including phenoxy) is 2. The van der Waals surface area contributed by atoms with Crippen LogP contribution in [-0.4, -0.2) is 112 Å². The summed E-state index contributed by atoms with van der Waals surface area (Å²) >= 11 is 1.18. The first-order valence-electron chi connectivity index (χ1n) is 20.9. The summed E-state index contributed by atoms with van der Waals surface area (Å²) < 4.78 is 11.0. The van der Waals surface area contributed by atoms with Gasteiger partial charge in [0.05, 0.1) is 12.6 Å². The molecule has 3 amide bonds. The summed E-state index contributed by atoms with van der Waals surface area (Å²) in [5, 5.41) is 33.9. The Labute approximate surface area is 347 Å². The van der Waals surface area contributed by atoms with Gasteiger partial charge in [-0.1, -0.05) is 104 Å². The number of carboxylic acids is 3. The molecule has 0 saturated heterocycles. The van der Waals surface area contributed by atoms with E-state index in [1.165, 1.54) is 69.5 Å². The maximum Gasteiger partial charge on any atom is 0.326 e. The quantitative estimate of drug-likeness (QED) is 0.0334. The Bertz CT molecular complexity index is 1240. The molecule has 17 nitrogen and oxygen atoms in total. The fraction of sp³-hybridized carbons (Fsp3) is 0.800. The molecule has 0 aliphatic heterocycles. The second-order valence-electron chi connectivity index (χ2n) is 14.5. The van der Waals surface area contributed by atoms with Crippen molar-refractivity contribution in [3.63, 3.8) is 0 Å². The molecule has 0 heterocycles. The molecule has 0 bridgehead atoms. The van der Waals surface area contributed by atoms with Crippen molar-refractivity contribution in [2.45, 2.75) is 179 Å². The van der Waals surface area contributed by atoms with E-state index in [1.807, 2.05) is 6.92 Å². The smallest absolute Gasteiger partial charge is 0.326 e. The Kier molecular flexibility index (Phi) is 32.7. The number of unbranched alkanes of at least 4 members (excludes halogenated alkanes) is 14. The van der Waals surface area contributed by atoms with Crippen LogP contribution in [-0.2, 0) is 47.8 Å². The minimum absolute atomic E-state index is 0.0425. The number of rotatable bonds is 38. The average molecular weight is 847 g/mol. The van der Waals surface area contributed by atoms with Crippen LogP contribution in [0.25, 0.3) is 0 Å². The van der Waals surface area contributed by atoms with Gasteiger partial charge in [0.25, 0.3) is 0 Å². The third kappa shape index (κ3) is 31.1. The molecule has 0 aromatic rings. The maximum absolute atomic E-state index is 12.7. The van der Waals surface area contributed by atoms with Crippen LogP contribution in [0.15, 0.2) is 0 Å². The van der Waals surface area contributed by atoms with Gasteiger partial charge in [-0.2, -0.15) is 11.8 Å². The van der Waals surface area contributed by atoms with Crippen LogP contribution in [0.4, 0.5) is 0 Å². The van der Waals surface area contributed by atoms with Gasteiger partial charge in [0, 0.05) is 37.2 Å². The van der Waals surface area contributed by atoms with Crippen molar-refractivity contribution in [1.82, 2.24) is 16.0 Å². The minimum Gasteiger partial charge on any atom is -0.481 e. The van der Waals surface area contributed by atoms with Crippen molar-refractivity contribution in [1.29, 1.82) is 0 Å². The monoisotopic (exact) mass is 846 g/mol. The summed E-state index contributed by atoms with van der Waals surface area (Å²) in [5.74, 6) is -7.35. The van der Waals surface area contributed by atoms with Crippen LogP contribution in [0.5, 0.6) is 0 Å². The van der Waals surface area contributed by atoms with Gasteiger partial charge in [0.1, 0.15) is 24.8 Å². The van der Waals surface area contributed by atoms with Crippen LogP contribution in [0, 0.1) is 0 Å². The van der Waals surface area contributed by atoms with Gasteiger partial charge in [-0.15, -0.1) is 0 Å². The molecule has 0 unspecified atom stereocenters. The molecular weight excluding hydrogens is 777 g/mol. The number of carbonyl (C=O) groups excluding carboxylic acids is 5. The molecule has 0 fully saturated rings. The lowest BCUT2D eigenvalue weighted by atomic mass is 10.0. The van der Waals surface area contributed by atoms with Gasteiger partial charge in [0.2, 0.25) is 17.7 Å². The topological polar surface area (TPSA) is 278 Å². The van der Waals surface area contributed by atoms with E-state index in [9.17, 15) is 43.5 Å². The van der Waals surface area contributed by atoms with Gasteiger partial charge < -0.3 is 46.5 Å². The van der Waals surface area contributed by atoms with E-state index in [0.29, 0.717) is 12.8 Å². The van der Waals surface area contributed by atoms with E-state index < -0.39 is 98.1 Å². The Morgan fingerprint density at radius 1 is 0.586 bits per heavy atom. The van der Waals surface area contributed by atoms with Crippen LogP contribution in [0.3, 0.4) is 0 Å². The Morgan fingerprint density at radius 2 is 1.07 bits per heavy atom. The first kappa shape index (κ1) is 54.1. The Balaban J connectivity index is 4.84. The predicted molar refractivity (Wildman–Crippen MR) is 219 cm³/mol. The molecule has 0 rings (SSSR count). The molecule has 0 aromatic heterocycles. The van der Waals surface area contributed by atoms with Gasteiger partial charge >= 0.3 is 29.8 Å². The number of carbonyl (C=O) groups is 8. The molecule has 0 aliphatic rings. The highest BCUT2D eigenvalue weighted by atomic mass is 32.2. The second kappa shape index (κ2) is 35.1. The number of carboxylic acid groups (broad SMARTS) is 3. The number of aliphatic carboxylic acids is 3. The summed E-state index contributed by atoms with van der Waals surface area (Å²) in [6.07, 6.45) is 15.6. The first-order valence-corrected chi connectivity index (χ1v) is 22.1. The molecule has 0 spiro atoms. The average Bonchev–Trinajstić information content (AvgIpc) is 3.17. The molecule has 334 valence electrons. The van der Waals surface area contributed by atoms with Crippen LogP contribution >= 0.6 is 11.8 Å². The molecule has 8 N–H and O–H groups in total. The summed E-state index contributed by atoms with van der Waals surface area (Å²) in [7, 11) is 0. The van der Waals surface area contributed by atoms with Crippen LogP contribution in [0.2, 0.25) is 0 Å². The Hall–Kier alpha value is -3.93. The van der Waals surface area contributed by atoms with Crippen molar-refractivity contribution in [2.75, 3.05) is 24.7 Å². The zero-order valence-corrected chi connectivity index (χ0v) is 35.4. The number of esters is 2. The van der Waals surface area contributed by atoms with E-state index >= 15 is 0 Å². The van der Waals surface area contributed by atoms with E-state index in [2.05, 4.69) is 22.9 Å². The second-order valence-corrected chi connectivity index (χ2v) is 15.6. The number of hydrogen-bond acceptors (Lipinski definition) is 12. The number of amides is 3. The van der Waals surface area contributed by atoms with E-state index in [0.717, 1.165) is 32.1 Å². The molecular formula is C40H70N4O13S. The molecule has 18 heteroatoms.